The average molecular weight is 794 g/mol. The average Bonchev–Trinajstić information content (AvgIpc) is 3.02. The molecule has 0 radical (unpaired) electrons. The predicted molar refractivity (Wildman–Crippen MR) is 186 cm³/mol. The van der Waals surface area contributed by atoms with Crippen molar-refractivity contribution in [1.82, 2.24) is 29.7 Å². The number of aromatic nitrogens is 3. The molecule has 49 heavy (non-hydrogen) atoms. The van der Waals surface area contributed by atoms with Crippen LogP contribution in [0.5, 0.6) is 17.2 Å². The van der Waals surface area contributed by atoms with Gasteiger partial charge < -0.3 is 31.6 Å². The summed E-state index contributed by atoms with van der Waals surface area (Å²) in [5.41, 5.74) is 2.76. The van der Waals surface area contributed by atoms with Crippen molar-refractivity contribution in [3.8, 4) is 17.2 Å². The second-order valence-corrected chi connectivity index (χ2v) is 13.7. The van der Waals surface area contributed by atoms with Crippen LogP contribution in [0.25, 0.3) is 0 Å². The molecule has 2 aromatic heterocycles. The monoisotopic (exact) mass is 793 g/mol. The van der Waals surface area contributed by atoms with Crippen molar-refractivity contribution in [3.63, 3.8) is 0 Å². The number of benzene rings is 1. The normalized spacial score (nSPS) is 18.0. The van der Waals surface area contributed by atoms with Gasteiger partial charge in [0.1, 0.15) is 29.7 Å². The van der Waals surface area contributed by atoms with Gasteiger partial charge in [0.2, 0.25) is 0 Å². The zero-order chi connectivity index (χ0) is 33.1. The molecule has 5 heterocycles. The topological polar surface area (TPSA) is 87.2 Å². The van der Waals surface area contributed by atoms with Crippen LogP contribution < -0.4 is 83.3 Å². The summed E-state index contributed by atoms with van der Waals surface area (Å²) in [6.45, 7) is 15.8. The van der Waals surface area contributed by atoms with Gasteiger partial charge in [-0.25, -0.2) is 14.4 Å². The number of amides is 1. The number of halogens is 1. The first kappa shape index (κ1) is 40.0. The Hall–Kier alpha value is -1.78. The number of hydrogen-bond acceptors (Lipinski definition) is 9. The third-order valence-electron chi connectivity index (χ3n) is 9.92. The number of ether oxygens (including phenoxy) is 2. The van der Waals surface area contributed by atoms with E-state index in [0.717, 1.165) is 63.4 Å². The summed E-state index contributed by atoms with van der Waals surface area (Å²) in [6, 6.07) is 6.01. The van der Waals surface area contributed by atoms with E-state index < -0.39 is 5.82 Å². The van der Waals surface area contributed by atoms with Crippen LogP contribution in [0.1, 0.15) is 68.6 Å². The zero-order valence-corrected chi connectivity index (χ0v) is 36.7. The first-order chi connectivity index (χ1) is 22.7. The molecule has 1 saturated carbocycles. The van der Waals surface area contributed by atoms with Gasteiger partial charge in [-0.3, -0.25) is 14.7 Å². The Bertz CT molecular complexity index is 1560. The maximum absolute atomic E-state index is 14.2. The van der Waals surface area contributed by atoms with Gasteiger partial charge in [0.15, 0.2) is 11.6 Å². The van der Waals surface area contributed by atoms with Crippen LogP contribution in [0.4, 0.5) is 10.2 Å². The Kier molecular flexibility index (Phi) is 14.4. The van der Waals surface area contributed by atoms with E-state index >= 15 is 0 Å². The van der Waals surface area contributed by atoms with Gasteiger partial charge >= 0.3 is 68.9 Å². The largest absolute Gasteiger partial charge is 1.00 e. The number of carbonyl (C=O) groups is 1. The first-order valence-corrected chi connectivity index (χ1v) is 17.1. The molecule has 3 aliphatic heterocycles. The molecule has 3 aromatic rings. The van der Waals surface area contributed by atoms with Crippen molar-refractivity contribution in [2.45, 2.75) is 72.1 Å². The van der Waals surface area contributed by atoms with Gasteiger partial charge in [-0.1, -0.05) is 6.92 Å². The summed E-state index contributed by atoms with van der Waals surface area (Å²) in [7, 11) is 2.14. The minimum atomic E-state index is -0.489. The fourth-order valence-corrected chi connectivity index (χ4v) is 7.06. The number of likely N-dealkylation sites (tertiary alicyclic amines) is 1. The van der Waals surface area contributed by atoms with Crippen molar-refractivity contribution >= 4 is 11.7 Å². The summed E-state index contributed by atoms with van der Waals surface area (Å²) in [4.78, 5) is 35.2. The number of anilines is 1. The molecule has 0 atom stereocenters. The van der Waals surface area contributed by atoms with Crippen molar-refractivity contribution in [2.24, 2.45) is 5.41 Å². The third-order valence-corrected chi connectivity index (χ3v) is 9.92. The maximum atomic E-state index is 14.2. The van der Waals surface area contributed by atoms with Gasteiger partial charge in [-0.2, -0.15) is 0 Å². The molecular formula is C37H51CsFN7O3. The molecule has 2 saturated heterocycles. The summed E-state index contributed by atoms with van der Waals surface area (Å²) >= 11 is 0. The second kappa shape index (κ2) is 17.6. The molecule has 0 N–H and O–H groups in total. The van der Waals surface area contributed by atoms with E-state index in [9.17, 15) is 9.18 Å². The van der Waals surface area contributed by atoms with E-state index in [4.69, 9.17) is 9.47 Å². The zero-order valence-electron chi connectivity index (χ0n) is 30.4. The standard InChI is InChI=1S/C32H39FN6O3.C4H9N.CH3.Cs/c1-5-37-12-10-26-25(17-37)28(9-11-35-26)41-23-14-32(15-23)18-38(19-32)30-29(16-34-20-36-30)42-27-8-7-22(33)13-24(27)31(40)39(6-2)21(3)4;1-5-3-2-4-5;;/h7-9,11,13,16,20-21,23H,5-6,10,12,14-15,17-19H2,1-4H3;2-4H2,1H3;1H3;/q;;-1;+1. The summed E-state index contributed by atoms with van der Waals surface area (Å²) in [5, 5.41) is 0. The molecule has 12 heteroatoms. The van der Waals surface area contributed by atoms with E-state index in [0.29, 0.717) is 18.1 Å². The van der Waals surface area contributed by atoms with Crippen LogP contribution in [-0.4, -0.2) is 101 Å². The van der Waals surface area contributed by atoms with Crippen LogP contribution in [-0.2, 0) is 13.0 Å². The molecule has 3 fully saturated rings. The first-order valence-electron chi connectivity index (χ1n) is 17.1. The molecule has 1 amide bonds. The second-order valence-electron chi connectivity index (χ2n) is 13.7. The SMILES string of the molecule is CCN1CCc2nccc(OC3CC4(C3)CN(c3ncncc3Oc3ccc(F)cc3C(=O)N(CC)C(C)C)C4)c2C1.CN1CCC1.[CH3-].[Cs+]. The molecule has 260 valence electrons. The van der Waals surface area contributed by atoms with E-state index in [-0.39, 0.29) is 111 Å². The van der Waals surface area contributed by atoms with Crippen molar-refractivity contribution in [3.05, 3.63) is 73.1 Å². The van der Waals surface area contributed by atoms with Crippen molar-refractivity contribution in [1.29, 1.82) is 0 Å². The van der Waals surface area contributed by atoms with Gasteiger partial charge in [0.25, 0.3) is 5.91 Å². The number of carbonyl (C=O) groups excluding carboxylic acids is 1. The van der Waals surface area contributed by atoms with Crippen molar-refractivity contribution in [2.75, 3.05) is 57.8 Å². The van der Waals surface area contributed by atoms with E-state index in [1.807, 2.05) is 33.0 Å². The van der Waals surface area contributed by atoms with E-state index in [2.05, 4.69) is 43.6 Å². The molecule has 10 nitrogen and oxygen atoms in total. The van der Waals surface area contributed by atoms with Crippen molar-refractivity contribution < 1.29 is 87.6 Å². The molecule has 1 aromatic carbocycles. The number of likely N-dealkylation sites (N-methyl/N-ethyl adjacent to an activating group) is 1. The number of pyridine rings is 1. The number of fused-ring (bicyclic) bond motifs is 1. The molecule has 1 aliphatic carbocycles. The van der Waals surface area contributed by atoms with Crippen LogP contribution >= 0.6 is 0 Å². The number of rotatable bonds is 9. The van der Waals surface area contributed by atoms with Gasteiger partial charge in [0.05, 0.1) is 11.8 Å². The van der Waals surface area contributed by atoms with Crippen LogP contribution in [0.2, 0.25) is 0 Å². The Morgan fingerprint density at radius 1 is 1.08 bits per heavy atom. The van der Waals surface area contributed by atoms with Crippen LogP contribution in [0.15, 0.2) is 43.0 Å². The fraction of sp³-hybridized carbons (Fsp3) is 0.541. The quantitative estimate of drug-likeness (QED) is 0.304. The smallest absolute Gasteiger partial charge is 0.490 e. The third kappa shape index (κ3) is 9.18. The Labute approximate surface area is 350 Å². The number of nitrogens with zero attached hydrogens (tertiary/aromatic N) is 7. The fourth-order valence-electron chi connectivity index (χ4n) is 7.06. The predicted octanol–water partition coefficient (Wildman–Crippen LogP) is 2.88. The van der Waals surface area contributed by atoms with Gasteiger partial charge in [-0.15, -0.1) is 0 Å². The van der Waals surface area contributed by atoms with E-state index in [1.165, 1.54) is 49.6 Å². The molecule has 7 rings (SSSR count). The minimum absolute atomic E-state index is 0. The van der Waals surface area contributed by atoms with Crippen LogP contribution in [0.3, 0.4) is 0 Å². The minimum Gasteiger partial charge on any atom is -0.490 e. The van der Waals surface area contributed by atoms with Crippen LogP contribution in [0, 0.1) is 18.7 Å². The molecule has 4 aliphatic rings. The van der Waals surface area contributed by atoms with E-state index in [1.54, 1.807) is 11.1 Å². The Morgan fingerprint density at radius 2 is 1.82 bits per heavy atom. The summed E-state index contributed by atoms with van der Waals surface area (Å²) in [6.07, 6.45) is 9.51. The molecule has 0 unspecified atom stereocenters. The maximum Gasteiger partial charge on any atom is 1.00 e. The molecule has 0 bridgehead atoms. The van der Waals surface area contributed by atoms with Gasteiger partial charge in [-0.05, 0) is 91.0 Å². The Balaban J connectivity index is 0.000000710. The summed E-state index contributed by atoms with van der Waals surface area (Å²) < 4.78 is 27.0. The summed E-state index contributed by atoms with van der Waals surface area (Å²) in [5.74, 6) is 1.60. The number of hydrogen-bond donors (Lipinski definition) is 0. The molecular weight excluding hydrogens is 742 g/mol. The van der Waals surface area contributed by atoms with Gasteiger partial charge in [0, 0.05) is 68.1 Å². The Morgan fingerprint density at radius 3 is 2.45 bits per heavy atom. The molecule has 1 spiro atoms.